The molecule has 1 unspecified atom stereocenters. The third kappa shape index (κ3) is 2.97. The Labute approximate surface area is 107 Å². The summed E-state index contributed by atoms with van der Waals surface area (Å²) in [5, 5.41) is 0.655. The molecular weight excluding hydrogens is 234 g/mol. The lowest BCUT2D eigenvalue weighted by Gasteiger charge is -2.41. The van der Waals surface area contributed by atoms with E-state index in [0.29, 0.717) is 11.2 Å². The Morgan fingerprint density at radius 2 is 2.06 bits per heavy atom. The van der Waals surface area contributed by atoms with Crippen LogP contribution in [0.3, 0.4) is 0 Å². The van der Waals surface area contributed by atoms with Gasteiger partial charge in [-0.05, 0) is 5.41 Å². The Balaban J connectivity index is 2.24. The molecule has 2 heterocycles. The molecule has 4 nitrogen and oxygen atoms in total. The molecule has 0 spiro atoms. The fourth-order valence-corrected chi connectivity index (χ4v) is 3.48. The average molecular weight is 255 g/mol. The highest BCUT2D eigenvalue weighted by molar-refractivity contribution is 7.15. The van der Waals surface area contributed by atoms with Gasteiger partial charge in [-0.15, -0.1) is 11.3 Å². The minimum absolute atomic E-state index is 0.177. The summed E-state index contributed by atoms with van der Waals surface area (Å²) >= 11 is 1.60. The second kappa shape index (κ2) is 4.92. The van der Waals surface area contributed by atoms with Gasteiger partial charge in [0.1, 0.15) is 0 Å². The van der Waals surface area contributed by atoms with Crippen LogP contribution in [-0.4, -0.2) is 36.2 Å². The summed E-state index contributed by atoms with van der Waals surface area (Å²) in [6.45, 7) is 10.4. The predicted molar refractivity (Wildman–Crippen MR) is 71.1 cm³/mol. The predicted octanol–water partition coefficient (Wildman–Crippen LogP) is 2.14. The monoisotopic (exact) mass is 255 g/mol. The summed E-state index contributed by atoms with van der Waals surface area (Å²) < 4.78 is 5.43. The van der Waals surface area contributed by atoms with Crippen molar-refractivity contribution in [3.05, 3.63) is 11.1 Å². The number of thiazole rings is 1. The van der Waals surface area contributed by atoms with Gasteiger partial charge in [-0.2, -0.15) is 0 Å². The summed E-state index contributed by atoms with van der Waals surface area (Å²) in [6, 6.07) is 0.376. The van der Waals surface area contributed by atoms with Crippen LogP contribution in [0.25, 0.3) is 0 Å². The zero-order valence-corrected chi connectivity index (χ0v) is 11.6. The molecule has 2 rings (SSSR count). The van der Waals surface area contributed by atoms with Crippen molar-refractivity contribution in [1.82, 2.24) is 9.88 Å². The minimum Gasteiger partial charge on any atom is -0.379 e. The van der Waals surface area contributed by atoms with Crippen molar-refractivity contribution in [1.29, 1.82) is 0 Å². The molecule has 0 saturated carbocycles. The minimum atomic E-state index is 0.177. The van der Waals surface area contributed by atoms with Gasteiger partial charge in [0.25, 0.3) is 0 Å². The van der Waals surface area contributed by atoms with Gasteiger partial charge in [0.2, 0.25) is 0 Å². The molecule has 0 radical (unpaired) electrons. The number of morpholine rings is 1. The van der Waals surface area contributed by atoms with E-state index in [4.69, 9.17) is 10.5 Å². The van der Waals surface area contributed by atoms with Crippen LogP contribution in [0.4, 0.5) is 5.13 Å². The molecule has 96 valence electrons. The van der Waals surface area contributed by atoms with E-state index in [9.17, 15) is 0 Å². The molecular formula is C12H21N3OS. The molecule has 1 aliphatic heterocycles. The first kappa shape index (κ1) is 12.8. The molecule has 0 bridgehead atoms. The van der Waals surface area contributed by atoms with Crippen LogP contribution in [0.15, 0.2) is 6.20 Å². The zero-order chi connectivity index (χ0) is 12.5. The van der Waals surface area contributed by atoms with Crippen molar-refractivity contribution >= 4 is 16.5 Å². The van der Waals surface area contributed by atoms with Crippen LogP contribution in [-0.2, 0) is 4.74 Å². The van der Waals surface area contributed by atoms with Crippen molar-refractivity contribution < 1.29 is 4.74 Å². The van der Waals surface area contributed by atoms with Crippen molar-refractivity contribution in [2.24, 2.45) is 5.41 Å². The van der Waals surface area contributed by atoms with Crippen LogP contribution >= 0.6 is 11.3 Å². The maximum Gasteiger partial charge on any atom is 0.180 e. The van der Waals surface area contributed by atoms with Gasteiger partial charge >= 0.3 is 0 Å². The van der Waals surface area contributed by atoms with Crippen LogP contribution in [0.1, 0.15) is 31.7 Å². The normalized spacial score (nSPS) is 20.4. The molecule has 5 heteroatoms. The molecule has 1 aromatic rings. The van der Waals surface area contributed by atoms with Crippen LogP contribution < -0.4 is 5.73 Å². The van der Waals surface area contributed by atoms with E-state index in [0.717, 1.165) is 26.3 Å². The van der Waals surface area contributed by atoms with Crippen LogP contribution in [0.2, 0.25) is 0 Å². The lowest BCUT2D eigenvalue weighted by Crippen LogP contribution is -2.43. The highest BCUT2D eigenvalue weighted by Crippen LogP contribution is 2.40. The van der Waals surface area contributed by atoms with Gasteiger partial charge in [0.15, 0.2) is 5.13 Å². The maximum atomic E-state index is 5.75. The lowest BCUT2D eigenvalue weighted by atomic mass is 9.84. The lowest BCUT2D eigenvalue weighted by molar-refractivity contribution is -0.0103. The van der Waals surface area contributed by atoms with Gasteiger partial charge in [-0.25, -0.2) is 4.98 Å². The van der Waals surface area contributed by atoms with Gasteiger partial charge in [-0.3, -0.25) is 4.90 Å². The number of hydrogen-bond donors (Lipinski definition) is 1. The fourth-order valence-electron chi connectivity index (χ4n) is 2.42. The van der Waals surface area contributed by atoms with E-state index >= 15 is 0 Å². The fraction of sp³-hybridized carbons (Fsp3) is 0.750. The number of nitrogens with two attached hydrogens (primary N) is 1. The van der Waals surface area contributed by atoms with Crippen molar-refractivity contribution in [2.45, 2.75) is 26.8 Å². The summed E-state index contributed by atoms with van der Waals surface area (Å²) in [4.78, 5) is 7.93. The third-order valence-electron chi connectivity index (χ3n) is 3.04. The Morgan fingerprint density at radius 1 is 1.41 bits per heavy atom. The Hall–Kier alpha value is -0.650. The molecule has 0 amide bonds. The summed E-state index contributed by atoms with van der Waals surface area (Å²) in [5.74, 6) is 0. The molecule has 1 atom stereocenters. The molecule has 1 aromatic heterocycles. The van der Waals surface area contributed by atoms with E-state index in [1.54, 1.807) is 11.3 Å². The first-order valence-electron chi connectivity index (χ1n) is 6.01. The van der Waals surface area contributed by atoms with E-state index in [1.165, 1.54) is 4.88 Å². The van der Waals surface area contributed by atoms with E-state index in [-0.39, 0.29) is 5.41 Å². The molecule has 2 N–H and O–H groups in total. The largest absolute Gasteiger partial charge is 0.379 e. The SMILES string of the molecule is CC(C)(C)C(c1cnc(N)s1)N1CCOCC1. The quantitative estimate of drug-likeness (QED) is 0.879. The van der Waals surface area contributed by atoms with Crippen molar-refractivity contribution in [3.8, 4) is 0 Å². The number of aromatic nitrogens is 1. The topological polar surface area (TPSA) is 51.4 Å². The number of nitrogens with zero attached hydrogens (tertiary/aromatic N) is 2. The van der Waals surface area contributed by atoms with E-state index in [1.807, 2.05) is 6.20 Å². The molecule has 1 aliphatic rings. The summed E-state index contributed by atoms with van der Waals surface area (Å²) in [5.41, 5.74) is 5.93. The highest BCUT2D eigenvalue weighted by Gasteiger charge is 2.34. The number of anilines is 1. The zero-order valence-electron chi connectivity index (χ0n) is 10.8. The summed E-state index contributed by atoms with van der Waals surface area (Å²) in [6.07, 6.45) is 1.92. The van der Waals surface area contributed by atoms with E-state index in [2.05, 4.69) is 30.7 Å². The summed E-state index contributed by atoms with van der Waals surface area (Å²) in [7, 11) is 0. The number of ether oxygens (including phenoxy) is 1. The third-order valence-corrected chi connectivity index (χ3v) is 3.92. The highest BCUT2D eigenvalue weighted by atomic mass is 32.1. The van der Waals surface area contributed by atoms with Gasteiger partial charge in [0, 0.05) is 24.2 Å². The Bertz CT molecular complexity index is 366. The van der Waals surface area contributed by atoms with Crippen molar-refractivity contribution in [3.63, 3.8) is 0 Å². The first-order valence-corrected chi connectivity index (χ1v) is 6.83. The average Bonchev–Trinajstić information content (AvgIpc) is 2.64. The number of rotatable bonds is 2. The Kier molecular flexibility index (Phi) is 3.70. The van der Waals surface area contributed by atoms with Gasteiger partial charge < -0.3 is 10.5 Å². The molecule has 0 aliphatic carbocycles. The van der Waals surface area contributed by atoms with E-state index < -0.39 is 0 Å². The Morgan fingerprint density at radius 3 is 2.53 bits per heavy atom. The van der Waals surface area contributed by atoms with Gasteiger partial charge in [0.05, 0.1) is 19.3 Å². The molecule has 0 aromatic carbocycles. The second-order valence-corrected chi connectivity index (χ2v) is 6.61. The van der Waals surface area contributed by atoms with Crippen LogP contribution in [0, 0.1) is 5.41 Å². The van der Waals surface area contributed by atoms with Gasteiger partial charge in [-0.1, -0.05) is 20.8 Å². The molecule has 1 fully saturated rings. The number of hydrogen-bond acceptors (Lipinski definition) is 5. The molecule has 1 saturated heterocycles. The second-order valence-electron chi connectivity index (χ2n) is 5.52. The first-order chi connectivity index (χ1) is 7.98. The molecule has 17 heavy (non-hydrogen) atoms. The maximum absolute atomic E-state index is 5.75. The standard InChI is InChI=1S/C12H21N3OS/c1-12(2,3)10(9-8-14-11(13)17-9)15-4-6-16-7-5-15/h8,10H,4-7H2,1-3H3,(H2,13,14). The van der Waals surface area contributed by atoms with Crippen molar-refractivity contribution in [2.75, 3.05) is 32.0 Å². The van der Waals surface area contributed by atoms with Crippen LogP contribution in [0.5, 0.6) is 0 Å². The smallest absolute Gasteiger partial charge is 0.180 e. The number of nitrogen functional groups attached to an aromatic ring is 1.